The Morgan fingerprint density at radius 1 is 1.35 bits per heavy atom. The van der Waals surface area contributed by atoms with Gasteiger partial charge in [0.05, 0.1) is 18.6 Å². The van der Waals surface area contributed by atoms with Crippen molar-refractivity contribution in [2.75, 3.05) is 16.8 Å². The van der Waals surface area contributed by atoms with Crippen LogP contribution in [0.1, 0.15) is 31.1 Å². The summed E-state index contributed by atoms with van der Waals surface area (Å²) < 4.78 is 0. The summed E-state index contributed by atoms with van der Waals surface area (Å²) in [5.74, 6) is 2.08. The van der Waals surface area contributed by atoms with Gasteiger partial charge in [0.15, 0.2) is 10.9 Å². The molecule has 2 aromatic rings. The molecule has 2 aliphatic rings. The van der Waals surface area contributed by atoms with Crippen LogP contribution in [0.4, 0.5) is 16.8 Å². The first-order chi connectivity index (χ1) is 12.7. The maximum absolute atomic E-state index is 8.92. The topological polar surface area (TPSA) is 77.7 Å². The largest absolute Gasteiger partial charge is 0.352 e. The van der Waals surface area contributed by atoms with Crippen LogP contribution in [-0.2, 0) is 0 Å². The summed E-state index contributed by atoms with van der Waals surface area (Å²) in [4.78, 5) is 16.2. The van der Waals surface area contributed by atoms with E-state index in [4.69, 9.17) is 10.2 Å². The zero-order valence-corrected chi connectivity index (χ0v) is 15.4. The molecule has 2 aromatic heterocycles. The van der Waals surface area contributed by atoms with E-state index < -0.39 is 0 Å². The number of nitrogens with one attached hydrogen (secondary N) is 1. The molecule has 4 rings (SSSR count). The zero-order chi connectivity index (χ0) is 17.9. The molecule has 1 saturated heterocycles. The Bertz CT molecular complexity index is 893. The summed E-state index contributed by atoms with van der Waals surface area (Å²) in [6.45, 7) is 3.15. The van der Waals surface area contributed by atoms with Gasteiger partial charge in [-0.15, -0.1) is 0 Å². The quantitative estimate of drug-likeness (QED) is 0.882. The number of rotatable bonds is 4. The lowest BCUT2D eigenvalue weighted by Crippen LogP contribution is -2.36. The average molecular weight is 364 g/mol. The van der Waals surface area contributed by atoms with Gasteiger partial charge in [0.2, 0.25) is 0 Å². The number of aromatic nitrogens is 3. The fraction of sp³-hybridized carbons (Fsp3) is 0.368. The van der Waals surface area contributed by atoms with Gasteiger partial charge in [-0.1, -0.05) is 35.1 Å². The number of allylic oxidation sites excluding steroid dienone is 3. The van der Waals surface area contributed by atoms with Crippen molar-refractivity contribution in [3.63, 3.8) is 0 Å². The predicted octanol–water partition coefficient (Wildman–Crippen LogP) is 4.04. The molecule has 1 aliphatic heterocycles. The van der Waals surface area contributed by atoms with Crippen LogP contribution in [0.3, 0.4) is 0 Å². The molecule has 0 saturated carbocycles. The lowest BCUT2D eigenvalue weighted by Gasteiger charge is -2.31. The van der Waals surface area contributed by atoms with Gasteiger partial charge in [0.25, 0.3) is 0 Å². The van der Waals surface area contributed by atoms with Crippen LogP contribution in [0.25, 0.3) is 0 Å². The van der Waals surface area contributed by atoms with Gasteiger partial charge in [-0.05, 0) is 26.2 Å². The molecule has 0 spiro atoms. The monoisotopic (exact) mass is 364 g/mol. The maximum atomic E-state index is 8.92. The number of nitriles is 1. The van der Waals surface area contributed by atoms with E-state index in [0.717, 1.165) is 18.8 Å². The van der Waals surface area contributed by atoms with Crippen molar-refractivity contribution in [3.8, 4) is 6.07 Å². The highest BCUT2D eigenvalue weighted by molar-refractivity contribution is 7.16. The Kier molecular flexibility index (Phi) is 4.67. The van der Waals surface area contributed by atoms with Gasteiger partial charge in [-0.2, -0.15) is 5.26 Å². The van der Waals surface area contributed by atoms with Crippen LogP contribution in [0.2, 0.25) is 0 Å². The summed E-state index contributed by atoms with van der Waals surface area (Å²) >= 11 is 1.31. The Morgan fingerprint density at radius 2 is 2.27 bits per heavy atom. The van der Waals surface area contributed by atoms with E-state index in [1.807, 2.05) is 6.20 Å². The fourth-order valence-electron chi connectivity index (χ4n) is 3.60. The third kappa shape index (κ3) is 3.46. The molecular formula is C19H20N6S. The maximum Gasteiger partial charge on any atom is 0.189 e. The summed E-state index contributed by atoms with van der Waals surface area (Å²) in [7, 11) is 0. The number of anilines is 3. The van der Waals surface area contributed by atoms with Gasteiger partial charge >= 0.3 is 0 Å². The molecule has 0 aromatic carbocycles. The second-order valence-electron chi connectivity index (χ2n) is 6.64. The molecule has 0 bridgehead atoms. The minimum atomic E-state index is 0.463. The van der Waals surface area contributed by atoms with E-state index in [-0.39, 0.29) is 0 Å². The number of nitrogens with zero attached hydrogens (tertiary/aromatic N) is 5. The molecule has 7 heteroatoms. The number of hydrogen-bond acceptors (Lipinski definition) is 7. The predicted molar refractivity (Wildman–Crippen MR) is 104 cm³/mol. The SMILES string of the molecule is CC1=CCC([C@@H]2CCCN2c2cncc(Nc3ncc(C#N)s3)n2)C=C1. The molecule has 0 radical (unpaired) electrons. The second-order valence-corrected chi connectivity index (χ2v) is 7.67. The van der Waals surface area contributed by atoms with Crippen molar-refractivity contribution < 1.29 is 0 Å². The zero-order valence-electron chi connectivity index (χ0n) is 14.6. The van der Waals surface area contributed by atoms with Crippen LogP contribution in [0.5, 0.6) is 0 Å². The highest BCUT2D eigenvalue weighted by Gasteiger charge is 2.31. The van der Waals surface area contributed by atoms with E-state index in [1.54, 1.807) is 12.4 Å². The molecule has 3 heterocycles. The Labute approximate surface area is 156 Å². The molecule has 1 unspecified atom stereocenters. The molecule has 0 amide bonds. The van der Waals surface area contributed by atoms with Gasteiger partial charge in [0.1, 0.15) is 16.8 Å². The molecular weight excluding hydrogens is 344 g/mol. The van der Waals surface area contributed by atoms with Gasteiger partial charge in [-0.3, -0.25) is 4.98 Å². The third-order valence-electron chi connectivity index (χ3n) is 4.88. The van der Waals surface area contributed by atoms with Crippen LogP contribution >= 0.6 is 11.3 Å². The lowest BCUT2D eigenvalue weighted by atomic mass is 9.89. The summed E-state index contributed by atoms with van der Waals surface area (Å²) in [5.41, 5.74) is 1.34. The van der Waals surface area contributed by atoms with E-state index in [0.29, 0.717) is 27.8 Å². The Morgan fingerprint density at radius 3 is 3.04 bits per heavy atom. The van der Waals surface area contributed by atoms with Gasteiger partial charge in [-0.25, -0.2) is 9.97 Å². The molecule has 26 heavy (non-hydrogen) atoms. The van der Waals surface area contributed by atoms with Crippen LogP contribution in [0, 0.1) is 17.2 Å². The van der Waals surface area contributed by atoms with E-state index >= 15 is 0 Å². The third-order valence-corrected chi connectivity index (χ3v) is 5.70. The molecule has 6 nitrogen and oxygen atoms in total. The van der Waals surface area contributed by atoms with Crippen molar-refractivity contribution in [3.05, 3.63) is 47.3 Å². The molecule has 2 atom stereocenters. The van der Waals surface area contributed by atoms with Crippen molar-refractivity contribution in [1.29, 1.82) is 5.26 Å². The first-order valence-corrected chi connectivity index (χ1v) is 9.61. The molecule has 132 valence electrons. The van der Waals surface area contributed by atoms with Gasteiger partial charge in [0, 0.05) is 18.5 Å². The van der Waals surface area contributed by atoms with E-state index in [1.165, 1.54) is 29.8 Å². The van der Waals surface area contributed by atoms with E-state index in [9.17, 15) is 0 Å². The smallest absolute Gasteiger partial charge is 0.189 e. The Hall–Kier alpha value is -2.72. The van der Waals surface area contributed by atoms with Crippen LogP contribution in [0.15, 0.2) is 42.4 Å². The van der Waals surface area contributed by atoms with Crippen molar-refractivity contribution >= 4 is 28.1 Å². The average Bonchev–Trinajstić information content (AvgIpc) is 3.32. The summed E-state index contributed by atoms with van der Waals surface area (Å²) in [6, 6.07) is 2.56. The van der Waals surface area contributed by atoms with Crippen molar-refractivity contribution in [2.45, 2.75) is 32.2 Å². The fourth-order valence-corrected chi connectivity index (χ4v) is 4.22. The Balaban J connectivity index is 1.52. The molecule has 1 aliphatic carbocycles. The highest BCUT2D eigenvalue weighted by atomic mass is 32.1. The normalized spacial score (nSPS) is 22.2. The highest BCUT2D eigenvalue weighted by Crippen LogP contribution is 2.33. The standard InChI is InChI=1S/C19H20N6S/c1-13-4-6-14(7-5-13)16-3-2-8-25(16)18-12-21-11-17(23-18)24-19-22-10-15(9-20)26-19/h4-6,10-12,14,16H,2-3,7-8H2,1H3,(H,22,23,24)/t14?,16-/m0/s1. The number of hydrogen-bond donors (Lipinski definition) is 1. The minimum Gasteiger partial charge on any atom is -0.352 e. The minimum absolute atomic E-state index is 0.463. The van der Waals surface area contributed by atoms with E-state index in [2.05, 4.69) is 51.4 Å². The summed E-state index contributed by atoms with van der Waals surface area (Å²) in [6.07, 6.45) is 15.4. The number of thiazole rings is 1. The van der Waals surface area contributed by atoms with Crippen LogP contribution < -0.4 is 10.2 Å². The van der Waals surface area contributed by atoms with Crippen molar-refractivity contribution in [1.82, 2.24) is 15.0 Å². The van der Waals surface area contributed by atoms with Crippen molar-refractivity contribution in [2.24, 2.45) is 5.92 Å². The lowest BCUT2D eigenvalue weighted by molar-refractivity contribution is 0.497. The first-order valence-electron chi connectivity index (χ1n) is 8.79. The second kappa shape index (κ2) is 7.26. The first kappa shape index (κ1) is 16.7. The molecule has 1 N–H and O–H groups in total. The molecule has 1 fully saturated rings. The van der Waals surface area contributed by atoms with Crippen LogP contribution in [-0.4, -0.2) is 27.5 Å². The summed E-state index contributed by atoms with van der Waals surface area (Å²) in [5, 5.41) is 12.7. The van der Waals surface area contributed by atoms with Gasteiger partial charge < -0.3 is 10.2 Å².